The van der Waals surface area contributed by atoms with Crippen molar-refractivity contribution in [2.24, 2.45) is 5.73 Å². The third-order valence-corrected chi connectivity index (χ3v) is 6.74. The molecule has 6 heteroatoms. The minimum Gasteiger partial charge on any atom is -0.384 e. The quantitative estimate of drug-likeness (QED) is 0.704. The topological polar surface area (TPSA) is 70.1 Å². The summed E-state index contributed by atoms with van der Waals surface area (Å²) < 4.78 is 0.972. The third kappa shape index (κ3) is 3.01. The molecule has 2 heterocycles. The zero-order valence-corrected chi connectivity index (χ0v) is 17.2. The molecule has 1 aromatic carbocycles. The van der Waals surface area contributed by atoms with Crippen LogP contribution in [0, 0.1) is 18.3 Å². The van der Waals surface area contributed by atoms with Gasteiger partial charge < -0.3 is 5.73 Å². The Hall–Kier alpha value is -2.36. The first-order valence-electron chi connectivity index (χ1n) is 8.79. The van der Waals surface area contributed by atoms with Crippen LogP contribution in [0.15, 0.2) is 62.8 Å². The van der Waals surface area contributed by atoms with Gasteiger partial charge in [0.25, 0.3) is 0 Å². The minimum absolute atomic E-state index is 0.115. The van der Waals surface area contributed by atoms with Crippen molar-refractivity contribution in [1.29, 1.82) is 5.26 Å². The van der Waals surface area contributed by atoms with Gasteiger partial charge in [0.1, 0.15) is 5.82 Å². The Morgan fingerprint density at radius 1 is 1.30 bits per heavy atom. The second-order valence-electron chi connectivity index (χ2n) is 6.80. The van der Waals surface area contributed by atoms with Crippen LogP contribution in [0.1, 0.15) is 35.6 Å². The Morgan fingerprint density at radius 3 is 2.78 bits per heavy atom. The molecule has 0 bridgehead atoms. The second kappa shape index (κ2) is 6.99. The van der Waals surface area contributed by atoms with Gasteiger partial charge in [-0.3, -0.25) is 9.69 Å². The largest absolute Gasteiger partial charge is 0.384 e. The fourth-order valence-corrected chi connectivity index (χ4v) is 5.46. The van der Waals surface area contributed by atoms with E-state index < -0.39 is 0 Å². The maximum absolute atomic E-state index is 13.0. The van der Waals surface area contributed by atoms with E-state index in [1.54, 1.807) is 11.3 Å². The number of allylic oxidation sites excluding steroid dienone is 3. The Balaban J connectivity index is 1.97. The van der Waals surface area contributed by atoms with Gasteiger partial charge in [0.05, 0.1) is 21.3 Å². The fraction of sp³-hybridized carbons (Fsp3) is 0.238. The van der Waals surface area contributed by atoms with E-state index in [1.807, 2.05) is 48.2 Å². The summed E-state index contributed by atoms with van der Waals surface area (Å²) >= 11 is 5.04. The number of aryl methyl sites for hydroxylation is 1. The van der Waals surface area contributed by atoms with Crippen LogP contribution in [-0.2, 0) is 4.79 Å². The van der Waals surface area contributed by atoms with E-state index in [9.17, 15) is 10.1 Å². The SMILES string of the molecule is Cc1cccc(N2C(N)=C(C#N)C(c3ccc(Br)s3)C3=C2CCCC3=O)c1. The number of ketones is 1. The molecular formula is C21H18BrN3OS. The molecule has 2 aromatic rings. The van der Waals surface area contributed by atoms with Crippen LogP contribution in [0.3, 0.4) is 0 Å². The molecule has 0 saturated heterocycles. The highest BCUT2D eigenvalue weighted by atomic mass is 79.9. The van der Waals surface area contributed by atoms with Crippen LogP contribution in [0.5, 0.6) is 0 Å². The number of Topliss-reactive ketones (excluding diaryl/α,β-unsaturated/α-hetero) is 1. The van der Waals surface area contributed by atoms with Gasteiger partial charge in [0, 0.05) is 28.3 Å². The summed E-state index contributed by atoms with van der Waals surface area (Å²) in [5, 5.41) is 9.94. The molecule has 1 unspecified atom stereocenters. The van der Waals surface area contributed by atoms with Crippen molar-refractivity contribution >= 4 is 38.7 Å². The van der Waals surface area contributed by atoms with Gasteiger partial charge in [0.15, 0.2) is 5.78 Å². The second-order valence-corrected chi connectivity index (χ2v) is 9.29. The summed E-state index contributed by atoms with van der Waals surface area (Å²) in [5.74, 6) is 0.157. The lowest BCUT2D eigenvalue weighted by molar-refractivity contribution is -0.116. The number of nitriles is 1. The molecule has 0 spiro atoms. The number of anilines is 1. The molecule has 0 fully saturated rings. The smallest absolute Gasteiger partial charge is 0.161 e. The first-order chi connectivity index (χ1) is 13.0. The lowest BCUT2D eigenvalue weighted by Crippen LogP contribution is -2.38. The molecule has 2 N–H and O–H groups in total. The number of nitrogens with two attached hydrogens (primary N) is 1. The Bertz CT molecular complexity index is 1040. The number of rotatable bonds is 2. The summed E-state index contributed by atoms with van der Waals surface area (Å²) in [7, 11) is 0. The number of thiophene rings is 1. The van der Waals surface area contributed by atoms with Crippen molar-refractivity contribution in [3.05, 3.63) is 73.3 Å². The van der Waals surface area contributed by atoms with E-state index in [0.717, 1.165) is 44.0 Å². The number of carbonyl (C=O) groups is 1. The highest BCUT2D eigenvalue weighted by Gasteiger charge is 2.40. The summed E-state index contributed by atoms with van der Waals surface area (Å²) in [6.07, 6.45) is 2.09. The van der Waals surface area contributed by atoms with Crippen LogP contribution < -0.4 is 10.6 Å². The van der Waals surface area contributed by atoms with E-state index in [4.69, 9.17) is 5.73 Å². The van der Waals surface area contributed by atoms with Crippen LogP contribution in [0.2, 0.25) is 0 Å². The average Bonchev–Trinajstić information content (AvgIpc) is 3.07. The van der Waals surface area contributed by atoms with Gasteiger partial charge in [-0.25, -0.2) is 0 Å². The maximum atomic E-state index is 13.0. The molecule has 1 aromatic heterocycles. The van der Waals surface area contributed by atoms with Crippen molar-refractivity contribution in [3.63, 3.8) is 0 Å². The maximum Gasteiger partial charge on any atom is 0.161 e. The lowest BCUT2D eigenvalue weighted by Gasteiger charge is -2.39. The van der Waals surface area contributed by atoms with Gasteiger partial charge in [-0.2, -0.15) is 5.26 Å². The Labute approximate surface area is 170 Å². The molecule has 136 valence electrons. The van der Waals surface area contributed by atoms with E-state index in [1.165, 1.54) is 0 Å². The lowest BCUT2D eigenvalue weighted by atomic mass is 9.78. The number of halogens is 1. The summed E-state index contributed by atoms with van der Waals surface area (Å²) in [6, 6.07) is 14.2. The predicted octanol–water partition coefficient (Wildman–Crippen LogP) is 5.12. The molecule has 27 heavy (non-hydrogen) atoms. The standard InChI is InChI=1S/C21H18BrN3OS/c1-12-4-2-5-13(10-12)25-15-6-3-7-16(26)20(15)19(14(11-23)21(25)24)17-8-9-18(22)27-17/h2,4-5,8-10,19H,3,6-7,24H2,1H3. The van der Waals surface area contributed by atoms with E-state index in [2.05, 4.69) is 22.0 Å². The first kappa shape index (κ1) is 18.0. The van der Waals surface area contributed by atoms with Crippen molar-refractivity contribution in [1.82, 2.24) is 0 Å². The zero-order chi connectivity index (χ0) is 19.1. The number of hydrogen-bond acceptors (Lipinski definition) is 5. The van der Waals surface area contributed by atoms with Crippen LogP contribution in [-0.4, -0.2) is 5.78 Å². The molecule has 1 aliphatic carbocycles. The zero-order valence-electron chi connectivity index (χ0n) is 14.8. The Morgan fingerprint density at radius 2 is 2.11 bits per heavy atom. The third-order valence-electron chi connectivity index (χ3n) is 5.05. The van der Waals surface area contributed by atoms with Crippen LogP contribution in [0.25, 0.3) is 0 Å². The van der Waals surface area contributed by atoms with Gasteiger partial charge in [-0.15, -0.1) is 11.3 Å². The molecule has 4 rings (SSSR count). The first-order valence-corrected chi connectivity index (χ1v) is 10.4. The predicted molar refractivity (Wildman–Crippen MR) is 111 cm³/mol. The molecular weight excluding hydrogens is 422 g/mol. The number of hydrogen-bond donors (Lipinski definition) is 1. The number of nitrogens with zero attached hydrogens (tertiary/aromatic N) is 2. The monoisotopic (exact) mass is 439 g/mol. The Kier molecular flexibility index (Phi) is 4.67. The van der Waals surface area contributed by atoms with Crippen molar-refractivity contribution in [2.75, 3.05) is 4.90 Å². The van der Waals surface area contributed by atoms with Gasteiger partial charge in [-0.05, 0) is 65.5 Å². The van der Waals surface area contributed by atoms with Crippen molar-refractivity contribution < 1.29 is 4.79 Å². The number of carbonyl (C=O) groups excluding carboxylic acids is 1. The van der Waals surface area contributed by atoms with E-state index in [0.29, 0.717) is 17.8 Å². The molecule has 1 atom stereocenters. The van der Waals surface area contributed by atoms with E-state index in [-0.39, 0.29) is 11.7 Å². The average molecular weight is 440 g/mol. The van der Waals surface area contributed by atoms with Gasteiger partial charge >= 0.3 is 0 Å². The van der Waals surface area contributed by atoms with Crippen molar-refractivity contribution in [2.45, 2.75) is 32.1 Å². The van der Waals surface area contributed by atoms with Crippen LogP contribution >= 0.6 is 27.3 Å². The minimum atomic E-state index is -0.379. The molecule has 0 amide bonds. The van der Waals surface area contributed by atoms with Gasteiger partial charge in [-0.1, -0.05) is 12.1 Å². The van der Waals surface area contributed by atoms with Crippen LogP contribution in [0.4, 0.5) is 5.69 Å². The molecule has 0 radical (unpaired) electrons. The highest BCUT2D eigenvalue weighted by Crippen LogP contribution is 2.48. The molecule has 0 saturated carbocycles. The summed E-state index contributed by atoms with van der Waals surface area (Å²) in [6.45, 7) is 2.02. The number of benzene rings is 1. The summed E-state index contributed by atoms with van der Waals surface area (Å²) in [4.78, 5) is 15.8. The normalized spacial score (nSPS) is 20.0. The van der Waals surface area contributed by atoms with Gasteiger partial charge in [0.2, 0.25) is 0 Å². The summed E-state index contributed by atoms with van der Waals surface area (Å²) in [5.41, 5.74) is 10.6. The molecule has 1 aliphatic heterocycles. The fourth-order valence-electron chi connectivity index (χ4n) is 3.92. The molecule has 4 nitrogen and oxygen atoms in total. The van der Waals surface area contributed by atoms with Crippen molar-refractivity contribution in [3.8, 4) is 6.07 Å². The molecule has 2 aliphatic rings. The van der Waals surface area contributed by atoms with E-state index >= 15 is 0 Å². The highest BCUT2D eigenvalue weighted by molar-refractivity contribution is 9.11.